The fourth-order valence-electron chi connectivity index (χ4n) is 2.51. The first-order valence-corrected chi connectivity index (χ1v) is 9.18. The number of aliphatic hydroxyl groups is 1. The van der Waals surface area contributed by atoms with Gasteiger partial charge in [-0.2, -0.15) is 0 Å². The molecule has 1 aromatic heterocycles. The van der Waals surface area contributed by atoms with Crippen molar-refractivity contribution in [1.82, 2.24) is 5.32 Å². The molecule has 0 spiro atoms. The minimum atomic E-state index is -1.43. The van der Waals surface area contributed by atoms with Crippen LogP contribution in [0.5, 0.6) is 11.5 Å². The molecule has 0 saturated heterocycles. The molecule has 2 heterocycles. The van der Waals surface area contributed by atoms with Crippen LogP contribution in [0.15, 0.2) is 41.5 Å². The van der Waals surface area contributed by atoms with Crippen LogP contribution in [0.3, 0.4) is 0 Å². The Bertz CT molecular complexity index is 934. The number of amides is 1. The molecule has 3 N–H and O–H groups in total. The molecule has 1 aromatic carbocycles. The minimum Gasteiger partial charge on any atom is -0.484 e. The molecule has 1 amide bonds. The van der Waals surface area contributed by atoms with Crippen molar-refractivity contribution in [3.63, 3.8) is 0 Å². The Morgan fingerprint density at radius 2 is 2.14 bits per heavy atom. The molecule has 0 bridgehead atoms. The van der Waals surface area contributed by atoms with Crippen molar-refractivity contribution < 1.29 is 34.1 Å². The second kappa shape index (κ2) is 8.24. The summed E-state index contributed by atoms with van der Waals surface area (Å²) in [5, 5.41) is 22.4. The van der Waals surface area contributed by atoms with Gasteiger partial charge in [-0.05, 0) is 30.5 Å². The molecule has 8 nitrogen and oxygen atoms in total. The van der Waals surface area contributed by atoms with E-state index < -0.39 is 30.6 Å². The third-order valence-electron chi connectivity index (χ3n) is 3.89. The minimum absolute atomic E-state index is 0.202. The van der Waals surface area contributed by atoms with Crippen LogP contribution >= 0.6 is 11.3 Å². The summed E-state index contributed by atoms with van der Waals surface area (Å²) in [7, 11) is 0. The van der Waals surface area contributed by atoms with Gasteiger partial charge >= 0.3 is 5.97 Å². The van der Waals surface area contributed by atoms with Gasteiger partial charge in [-0.15, -0.1) is 11.3 Å². The van der Waals surface area contributed by atoms with Crippen molar-refractivity contribution in [3.8, 4) is 11.5 Å². The Balaban J connectivity index is 1.64. The van der Waals surface area contributed by atoms with Crippen LogP contribution in [-0.4, -0.2) is 46.6 Å². The number of carboxylic acids is 1. The number of benzene rings is 1. The van der Waals surface area contributed by atoms with Crippen molar-refractivity contribution in [2.45, 2.75) is 19.1 Å². The quantitative estimate of drug-likeness (QED) is 0.601. The van der Waals surface area contributed by atoms with Crippen LogP contribution in [0.4, 0.5) is 0 Å². The lowest BCUT2D eigenvalue weighted by Crippen LogP contribution is -2.49. The largest absolute Gasteiger partial charge is 0.484 e. The van der Waals surface area contributed by atoms with Crippen LogP contribution in [0.1, 0.15) is 22.2 Å². The summed E-state index contributed by atoms with van der Waals surface area (Å²) < 4.78 is 10.9. The van der Waals surface area contributed by atoms with E-state index in [0.717, 1.165) is 4.88 Å². The van der Waals surface area contributed by atoms with Crippen molar-refractivity contribution in [3.05, 3.63) is 51.9 Å². The van der Waals surface area contributed by atoms with Crippen molar-refractivity contribution in [2.75, 3.05) is 6.61 Å². The molecule has 2 atom stereocenters. The monoisotopic (exact) mass is 403 g/mol. The third kappa shape index (κ3) is 4.38. The molecule has 2 aromatic rings. The molecule has 1 aliphatic heterocycles. The van der Waals surface area contributed by atoms with E-state index in [2.05, 4.69) is 5.32 Å². The van der Waals surface area contributed by atoms with E-state index in [9.17, 15) is 19.5 Å². The Hall–Kier alpha value is -3.17. The molecule has 146 valence electrons. The van der Waals surface area contributed by atoms with E-state index in [1.807, 2.05) is 17.5 Å². The van der Waals surface area contributed by atoms with Gasteiger partial charge in [0.15, 0.2) is 18.4 Å². The molecule has 0 aliphatic carbocycles. The number of carbonyl (C=O) groups is 3. The number of hydrogen-bond donors (Lipinski definition) is 3. The number of ether oxygens (including phenoxy) is 2. The lowest BCUT2D eigenvalue weighted by atomic mass is 10.1. The van der Waals surface area contributed by atoms with Gasteiger partial charge in [0.05, 0.1) is 11.7 Å². The second-order valence-corrected chi connectivity index (χ2v) is 7.01. The maximum atomic E-state index is 12.4. The van der Waals surface area contributed by atoms with E-state index >= 15 is 0 Å². The third-order valence-corrected chi connectivity index (χ3v) is 4.71. The lowest BCUT2D eigenvalue weighted by molar-refractivity contribution is -0.145. The van der Waals surface area contributed by atoms with Crippen molar-refractivity contribution in [1.29, 1.82) is 0 Å². The highest BCUT2D eigenvalue weighted by Crippen LogP contribution is 2.35. The standard InChI is InChI=1S/C19H17NO7S/c1-10(21)17(19(24)25)20-16(22)9-26-11-4-5-13-14(7-11)27-15(18(13)23)8-12-3-2-6-28-12/h2-8,10,17,21H,9H2,1H3,(H,20,22)(H,24,25). The molecule has 0 saturated carbocycles. The highest BCUT2D eigenvalue weighted by atomic mass is 32.1. The number of allylic oxidation sites excluding steroid dienone is 1. The first-order chi connectivity index (χ1) is 13.3. The number of thiophene rings is 1. The molecular weight excluding hydrogens is 386 g/mol. The summed E-state index contributed by atoms with van der Waals surface area (Å²) in [5.74, 6) is -1.49. The van der Waals surface area contributed by atoms with Crippen LogP contribution in [0.2, 0.25) is 0 Å². The maximum absolute atomic E-state index is 12.4. The zero-order valence-corrected chi connectivity index (χ0v) is 15.6. The van der Waals surface area contributed by atoms with Gasteiger partial charge in [0, 0.05) is 17.0 Å². The van der Waals surface area contributed by atoms with Gasteiger partial charge < -0.3 is 25.0 Å². The molecule has 0 fully saturated rings. The molecular formula is C19H17NO7S. The number of nitrogens with one attached hydrogen (secondary N) is 1. The Labute approximate surface area is 164 Å². The predicted molar refractivity (Wildman–Crippen MR) is 100 cm³/mol. The molecule has 1 aliphatic rings. The number of carboxylic acid groups (broad SMARTS) is 1. The van der Waals surface area contributed by atoms with Crippen molar-refractivity contribution >= 4 is 35.1 Å². The number of hydrogen-bond acceptors (Lipinski definition) is 7. The van der Waals surface area contributed by atoms with Gasteiger partial charge in [0.1, 0.15) is 11.5 Å². The summed E-state index contributed by atoms with van der Waals surface area (Å²) in [5.41, 5.74) is 0.389. The molecule has 3 rings (SSSR count). The normalized spacial score (nSPS) is 16.2. The zero-order valence-electron chi connectivity index (χ0n) is 14.7. The maximum Gasteiger partial charge on any atom is 0.328 e. The first-order valence-electron chi connectivity index (χ1n) is 8.30. The molecule has 2 unspecified atom stereocenters. The first kappa shape index (κ1) is 19.6. The SMILES string of the molecule is CC(O)C(NC(=O)COc1ccc2c(c1)OC(=Cc1cccs1)C2=O)C(=O)O. The number of aliphatic hydroxyl groups excluding tert-OH is 1. The number of ketones is 1. The smallest absolute Gasteiger partial charge is 0.328 e. The Kier molecular flexibility index (Phi) is 5.76. The topological polar surface area (TPSA) is 122 Å². The van der Waals surface area contributed by atoms with E-state index in [0.29, 0.717) is 11.3 Å². The van der Waals surface area contributed by atoms with Gasteiger partial charge in [0.2, 0.25) is 5.78 Å². The molecule has 28 heavy (non-hydrogen) atoms. The van der Waals surface area contributed by atoms with Crippen LogP contribution < -0.4 is 14.8 Å². The summed E-state index contributed by atoms with van der Waals surface area (Å²) in [4.78, 5) is 36.1. The number of rotatable bonds is 7. The highest BCUT2D eigenvalue weighted by molar-refractivity contribution is 7.10. The predicted octanol–water partition coefficient (Wildman–Crippen LogP) is 1.69. The van der Waals surface area contributed by atoms with E-state index in [1.54, 1.807) is 6.08 Å². The lowest BCUT2D eigenvalue weighted by Gasteiger charge is -2.17. The summed E-state index contributed by atoms with van der Waals surface area (Å²) >= 11 is 1.48. The zero-order chi connectivity index (χ0) is 20.3. The van der Waals surface area contributed by atoms with Gasteiger partial charge in [-0.25, -0.2) is 4.79 Å². The van der Waals surface area contributed by atoms with E-state index in [1.165, 1.54) is 36.5 Å². The van der Waals surface area contributed by atoms with Crippen molar-refractivity contribution in [2.24, 2.45) is 0 Å². The highest BCUT2D eigenvalue weighted by Gasteiger charge is 2.28. The fraction of sp³-hybridized carbons (Fsp3) is 0.211. The summed E-state index contributed by atoms with van der Waals surface area (Å²) in [6.07, 6.45) is 0.401. The van der Waals surface area contributed by atoms with Gasteiger partial charge in [-0.1, -0.05) is 6.07 Å². The Morgan fingerprint density at radius 1 is 1.36 bits per heavy atom. The average molecular weight is 403 g/mol. The van der Waals surface area contributed by atoms with E-state index in [4.69, 9.17) is 14.6 Å². The molecule has 0 radical (unpaired) electrons. The van der Waals surface area contributed by atoms with Gasteiger partial charge in [-0.3, -0.25) is 9.59 Å². The number of aliphatic carboxylic acids is 1. The van der Waals surface area contributed by atoms with Crippen LogP contribution in [0.25, 0.3) is 6.08 Å². The van der Waals surface area contributed by atoms with Gasteiger partial charge in [0.25, 0.3) is 5.91 Å². The second-order valence-electron chi connectivity index (χ2n) is 6.03. The van der Waals surface area contributed by atoms with E-state index in [-0.39, 0.29) is 17.3 Å². The summed E-state index contributed by atoms with van der Waals surface area (Å²) in [6, 6.07) is 6.84. The van der Waals surface area contributed by atoms with Crippen LogP contribution in [0, 0.1) is 0 Å². The number of carbonyl (C=O) groups excluding carboxylic acids is 2. The number of fused-ring (bicyclic) bond motifs is 1. The summed E-state index contributed by atoms with van der Waals surface area (Å²) in [6.45, 7) is 0.803. The fourth-order valence-corrected chi connectivity index (χ4v) is 3.16. The Morgan fingerprint density at radius 3 is 2.79 bits per heavy atom. The number of Topliss-reactive ketones (excluding diaryl/α,β-unsaturated/α-hetero) is 1. The average Bonchev–Trinajstić information content (AvgIpc) is 3.26. The van der Waals surface area contributed by atoms with Crippen LogP contribution in [-0.2, 0) is 9.59 Å². The molecule has 9 heteroatoms.